The summed E-state index contributed by atoms with van der Waals surface area (Å²) < 4.78 is 40.2. The molecule has 32 heavy (non-hydrogen) atoms. The molecule has 0 aliphatic carbocycles. The summed E-state index contributed by atoms with van der Waals surface area (Å²) in [5, 5.41) is 3.00. The first kappa shape index (κ1) is 22.7. The minimum absolute atomic E-state index is 0.0555. The van der Waals surface area contributed by atoms with Gasteiger partial charge in [-0.05, 0) is 68.5 Å². The summed E-state index contributed by atoms with van der Waals surface area (Å²) in [6, 6.07) is 13.7. The van der Waals surface area contributed by atoms with Crippen LogP contribution in [-0.4, -0.2) is 50.9 Å². The minimum atomic E-state index is -3.74. The van der Waals surface area contributed by atoms with Gasteiger partial charge in [0, 0.05) is 37.9 Å². The standard InChI is InChI=1S/C24H30FN3O3S/c1-18-16-19-6-2-3-8-23(19)28(18)15-5-13-26-24(29)20-7-4-14-27(17-20)32(30,31)22-11-9-21(25)10-12-22/h2-3,6,8-12,18,20H,4-5,7,13-17H2,1H3,(H,26,29). The number of hydrogen-bond acceptors (Lipinski definition) is 4. The lowest BCUT2D eigenvalue weighted by Crippen LogP contribution is -2.45. The average Bonchev–Trinajstić information content (AvgIpc) is 3.12. The van der Waals surface area contributed by atoms with E-state index in [4.69, 9.17) is 0 Å². The summed E-state index contributed by atoms with van der Waals surface area (Å²) in [4.78, 5) is 15.2. The van der Waals surface area contributed by atoms with Crippen LogP contribution in [0.1, 0.15) is 31.7 Å². The van der Waals surface area contributed by atoms with Crippen LogP contribution in [-0.2, 0) is 21.2 Å². The predicted octanol–water partition coefficient (Wildman–Crippen LogP) is 3.18. The average molecular weight is 460 g/mol. The summed E-state index contributed by atoms with van der Waals surface area (Å²) in [6.45, 7) is 4.17. The van der Waals surface area contributed by atoms with Crippen LogP contribution >= 0.6 is 0 Å². The number of benzene rings is 2. The Morgan fingerprint density at radius 1 is 1.16 bits per heavy atom. The molecule has 1 N–H and O–H groups in total. The predicted molar refractivity (Wildman–Crippen MR) is 122 cm³/mol. The van der Waals surface area contributed by atoms with E-state index in [1.54, 1.807) is 0 Å². The van der Waals surface area contributed by atoms with Crippen molar-refractivity contribution in [3.05, 3.63) is 59.9 Å². The third kappa shape index (κ3) is 4.81. The molecule has 6 nitrogen and oxygen atoms in total. The number of piperidine rings is 1. The van der Waals surface area contributed by atoms with Crippen molar-refractivity contribution in [2.75, 3.05) is 31.1 Å². The van der Waals surface area contributed by atoms with Crippen molar-refractivity contribution in [2.45, 2.75) is 43.5 Å². The molecule has 172 valence electrons. The van der Waals surface area contributed by atoms with Crippen LogP contribution < -0.4 is 10.2 Å². The lowest BCUT2D eigenvalue weighted by Gasteiger charge is -2.31. The largest absolute Gasteiger partial charge is 0.368 e. The van der Waals surface area contributed by atoms with E-state index in [1.165, 1.54) is 27.7 Å². The normalized spacial score (nSPS) is 21.4. The number of carbonyl (C=O) groups is 1. The highest BCUT2D eigenvalue weighted by molar-refractivity contribution is 7.89. The van der Waals surface area contributed by atoms with Crippen molar-refractivity contribution in [2.24, 2.45) is 5.92 Å². The number of fused-ring (bicyclic) bond motifs is 1. The Morgan fingerprint density at radius 3 is 2.69 bits per heavy atom. The van der Waals surface area contributed by atoms with Crippen LogP contribution in [0.5, 0.6) is 0 Å². The second-order valence-corrected chi connectivity index (χ2v) is 10.6. The van der Waals surface area contributed by atoms with Crippen molar-refractivity contribution in [3.63, 3.8) is 0 Å². The van der Waals surface area contributed by atoms with E-state index in [-0.39, 0.29) is 23.3 Å². The fourth-order valence-electron chi connectivity index (χ4n) is 4.71. The monoisotopic (exact) mass is 459 g/mol. The second-order valence-electron chi connectivity index (χ2n) is 8.68. The molecule has 1 saturated heterocycles. The Labute approximate surface area is 189 Å². The fourth-order valence-corrected chi connectivity index (χ4v) is 6.23. The van der Waals surface area contributed by atoms with Crippen LogP contribution in [0.4, 0.5) is 10.1 Å². The number of rotatable bonds is 7. The molecule has 0 saturated carbocycles. The van der Waals surface area contributed by atoms with Gasteiger partial charge in [0.25, 0.3) is 0 Å². The third-order valence-corrected chi connectivity index (χ3v) is 8.31. The van der Waals surface area contributed by atoms with Gasteiger partial charge in [-0.15, -0.1) is 0 Å². The van der Waals surface area contributed by atoms with Gasteiger partial charge in [0.15, 0.2) is 0 Å². The van der Waals surface area contributed by atoms with E-state index in [0.29, 0.717) is 32.0 Å². The van der Waals surface area contributed by atoms with Gasteiger partial charge < -0.3 is 10.2 Å². The maximum absolute atomic E-state index is 13.2. The zero-order valence-electron chi connectivity index (χ0n) is 18.3. The Hall–Kier alpha value is -2.45. The Balaban J connectivity index is 1.28. The van der Waals surface area contributed by atoms with E-state index >= 15 is 0 Å². The number of para-hydroxylation sites is 1. The van der Waals surface area contributed by atoms with Crippen LogP contribution in [0.2, 0.25) is 0 Å². The smallest absolute Gasteiger partial charge is 0.243 e. The molecular weight excluding hydrogens is 429 g/mol. The number of hydrogen-bond donors (Lipinski definition) is 1. The maximum Gasteiger partial charge on any atom is 0.243 e. The number of carbonyl (C=O) groups excluding carboxylic acids is 1. The molecule has 0 bridgehead atoms. The van der Waals surface area contributed by atoms with Crippen LogP contribution in [0.15, 0.2) is 53.4 Å². The van der Waals surface area contributed by atoms with Crippen LogP contribution in [0, 0.1) is 11.7 Å². The highest BCUT2D eigenvalue weighted by atomic mass is 32.2. The highest BCUT2D eigenvalue weighted by Gasteiger charge is 2.33. The molecule has 1 fully saturated rings. The van der Waals surface area contributed by atoms with E-state index in [0.717, 1.165) is 31.5 Å². The molecule has 8 heteroatoms. The van der Waals surface area contributed by atoms with E-state index in [2.05, 4.69) is 41.4 Å². The zero-order chi connectivity index (χ0) is 22.7. The molecule has 2 atom stereocenters. The molecule has 0 spiro atoms. The first-order valence-corrected chi connectivity index (χ1v) is 12.7. The quantitative estimate of drug-likeness (QED) is 0.646. The molecule has 4 rings (SSSR count). The van der Waals surface area contributed by atoms with E-state index in [9.17, 15) is 17.6 Å². The molecule has 2 heterocycles. The van der Waals surface area contributed by atoms with Gasteiger partial charge >= 0.3 is 0 Å². The number of nitrogens with zero attached hydrogens (tertiary/aromatic N) is 2. The highest BCUT2D eigenvalue weighted by Crippen LogP contribution is 2.31. The van der Waals surface area contributed by atoms with Crippen LogP contribution in [0.3, 0.4) is 0 Å². The Kier molecular flexibility index (Phi) is 6.81. The number of amides is 1. The van der Waals surface area contributed by atoms with Gasteiger partial charge in [0.05, 0.1) is 10.8 Å². The van der Waals surface area contributed by atoms with Gasteiger partial charge in [-0.2, -0.15) is 4.31 Å². The summed E-state index contributed by atoms with van der Waals surface area (Å²) >= 11 is 0. The summed E-state index contributed by atoms with van der Waals surface area (Å²) in [6.07, 6.45) is 3.16. The number of sulfonamides is 1. The Morgan fingerprint density at radius 2 is 1.91 bits per heavy atom. The van der Waals surface area contributed by atoms with E-state index in [1.807, 2.05) is 0 Å². The summed E-state index contributed by atoms with van der Waals surface area (Å²) in [5.41, 5.74) is 2.65. The minimum Gasteiger partial charge on any atom is -0.368 e. The van der Waals surface area contributed by atoms with Crippen molar-refractivity contribution in [1.29, 1.82) is 0 Å². The molecule has 2 unspecified atom stereocenters. The Bertz CT molecular complexity index is 1060. The number of halogens is 1. The fraction of sp³-hybridized carbons (Fsp3) is 0.458. The van der Waals surface area contributed by atoms with Crippen molar-refractivity contribution in [1.82, 2.24) is 9.62 Å². The van der Waals surface area contributed by atoms with Crippen molar-refractivity contribution < 1.29 is 17.6 Å². The number of nitrogens with one attached hydrogen (secondary N) is 1. The van der Waals surface area contributed by atoms with Gasteiger partial charge in [-0.3, -0.25) is 4.79 Å². The molecule has 2 aromatic rings. The summed E-state index contributed by atoms with van der Waals surface area (Å²) in [5.74, 6) is -0.948. The zero-order valence-corrected chi connectivity index (χ0v) is 19.2. The van der Waals surface area contributed by atoms with Crippen molar-refractivity contribution >= 4 is 21.6 Å². The summed E-state index contributed by atoms with van der Waals surface area (Å²) in [7, 11) is -3.74. The third-order valence-electron chi connectivity index (χ3n) is 6.43. The van der Waals surface area contributed by atoms with E-state index < -0.39 is 15.8 Å². The van der Waals surface area contributed by atoms with Crippen molar-refractivity contribution in [3.8, 4) is 0 Å². The molecule has 2 aliphatic rings. The number of anilines is 1. The molecule has 2 aliphatic heterocycles. The molecule has 0 radical (unpaired) electrons. The lowest BCUT2D eigenvalue weighted by atomic mass is 9.99. The van der Waals surface area contributed by atoms with Gasteiger partial charge in [-0.1, -0.05) is 18.2 Å². The first-order valence-electron chi connectivity index (χ1n) is 11.2. The molecular formula is C24H30FN3O3S. The van der Waals surface area contributed by atoms with Gasteiger partial charge in [0.1, 0.15) is 5.82 Å². The van der Waals surface area contributed by atoms with Gasteiger partial charge in [0.2, 0.25) is 15.9 Å². The molecule has 2 aromatic carbocycles. The lowest BCUT2D eigenvalue weighted by molar-refractivity contribution is -0.126. The molecule has 0 aromatic heterocycles. The van der Waals surface area contributed by atoms with Gasteiger partial charge in [-0.25, -0.2) is 12.8 Å². The first-order chi connectivity index (χ1) is 15.4. The second kappa shape index (κ2) is 9.58. The van der Waals surface area contributed by atoms with Crippen LogP contribution in [0.25, 0.3) is 0 Å². The topological polar surface area (TPSA) is 69.7 Å². The maximum atomic E-state index is 13.2. The SMILES string of the molecule is CC1Cc2ccccc2N1CCCNC(=O)C1CCCN(S(=O)(=O)c2ccc(F)cc2)C1. The molecule has 1 amide bonds.